The molecule has 0 aliphatic rings. The van der Waals surface area contributed by atoms with Crippen LogP contribution in [0.2, 0.25) is 0 Å². The molecule has 0 saturated heterocycles. The first-order valence-electron chi connectivity index (χ1n) is 4.33. The van der Waals surface area contributed by atoms with Crippen molar-refractivity contribution in [2.75, 3.05) is 7.11 Å². The third-order valence-corrected chi connectivity index (χ3v) is 3.01. The van der Waals surface area contributed by atoms with Crippen LogP contribution in [-0.2, 0) is 4.74 Å². The molecule has 1 atom stereocenters. The molecule has 0 aliphatic heterocycles. The van der Waals surface area contributed by atoms with Crippen molar-refractivity contribution in [2.45, 2.75) is 26.4 Å². The quantitative estimate of drug-likeness (QED) is 0.836. The number of ether oxygens (including phenoxy) is 1. The number of methoxy groups -OCH3 is 1. The zero-order valence-corrected chi connectivity index (χ0v) is 9.22. The van der Waals surface area contributed by atoms with Crippen molar-refractivity contribution in [1.29, 1.82) is 0 Å². The van der Waals surface area contributed by atoms with Gasteiger partial charge in [-0.05, 0) is 13.3 Å². The summed E-state index contributed by atoms with van der Waals surface area (Å²) < 4.78 is 5.19. The molecular weight excluding hydrogens is 202 g/mol. The van der Waals surface area contributed by atoms with Crippen LogP contribution < -0.4 is 0 Å². The third kappa shape index (κ3) is 2.10. The summed E-state index contributed by atoms with van der Waals surface area (Å²) >= 11 is 1.38. The van der Waals surface area contributed by atoms with E-state index in [9.17, 15) is 4.79 Å². The molecule has 0 fully saturated rings. The summed E-state index contributed by atoms with van der Waals surface area (Å²) in [5.41, 5.74) is 0.139. The number of rotatable bonds is 4. The lowest BCUT2D eigenvalue weighted by molar-refractivity contribution is 0.0688. The Labute approximate surface area is 86.6 Å². The molecule has 1 rings (SSSR count). The Balaban J connectivity index is 3.01. The van der Waals surface area contributed by atoms with E-state index in [1.165, 1.54) is 11.3 Å². The Morgan fingerprint density at radius 1 is 1.71 bits per heavy atom. The van der Waals surface area contributed by atoms with Crippen LogP contribution in [0.4, 0.5) is 0 Å². The standard InChI is InChI=1S/C9H13NO3S/c1-4-6(13-3)8-10-7(9(11)12)5(2)14-8/h6H,4H2,1-3H3,(H,11,12). The molecule has 0 spiro atoms. The summed E-state index contributed by atoms with van der Waals surface area (Å²) in [7, 11) is 1.60. The van der Waals surface area contributed by atoms with Crippen molar-refractivity contribution >= 4 is 17.3 Å². The third-order valence-electron chi connectivity index (χ3n) is 1.95. The van der Waals surface area contributed by atoms with E-state index < -0.39 is 5.97 Å². The highest BCUT2D eigenvalue weighted by Gasteiger charge is 2.18. The fraction of sp³-hybridized carbons (Fsp3) is 0.556. The minimum absolute atomic E-state index is 0.0909. The second-order valence-electron chi connectivity index (χ2n) is 2.89. The zero-order chi connectivity index (χ0) is 10.7. The molecule has 0 radical (unpaired) electrons. The molecule has 0 aromatic carbocycles. The van der Waals surface area contributed by atoms with Gasteiger partial charge in [0.2, 0.25) is 0 Å². The monoisotopic (exact) mass is 215 g/mol. The van der Waals surface area contributed by atoms with Crippen LogP contribution in [0.25, 0.3) is 0 Å². The van der Waals surface area contributed by atoms with Crippen LogP contribution in [0.5, 0.6) is 0 Å². The van der Waals surface area contributed by atoms with Crippen LogP contribution >= 0.6 is 11.3 Å². The summed E-state index contributed by atoms with van der Waals surface area (Å²) in [5.74, 6) is -0.976. The van der Waals surface area contributed by atoms with Crippen molar-refractivity contribution in [3.63, 3.8) is 0 Å². The van der Waals surface area contributed by atoms with E-state index in [1.807, 2.05) is 6.92 Å². The Morgan fingerprint density at radius 2 is 2.36 bits per heavy atom. The van der Waals surface area contributed by atoms with Crippen molar-refractivity contribution in [3.05, 3.63) is 15.6 Å². The van der Waals surface area contributed by atoms with Gasteiger partial charge in [-0.3, -0.25) is 0 Å². The maximum Gasteiger partial charge on any atom is 0.355 e. The SMILES string of the molecule is CCC(OC)c1nc(C(=O)O)c(C)s1. The summed E-state index contributed by atoms with van der Waals surface area (Å²) in [4.78, 5) is 15.5. The lowest BCUT2D eigenvalue weighted by atomic mass is 10.3. The molecule has 5 heteroatoms. The van der Waals surface area contributed by atoms with Gasteiger partial charge in [-0.15, -0.1) is 11.3 Å². The van der Waals surface area contributed by atoms with Crippen molar-refractivity contribution < 1.29 is 14.6 Å². The van der Waals surface area contributed by atoms with Gasteiger partial charge in [-0.1, -0.05) is 6.92 Å². The van der Waals surface area contributed by atoms with Gasteiger partial charge in [0.05, 0.1) is 0 Å². The first kappa shape index (κ1) is 11.1. The Morgan fingerprint density at radius 3 is 2.71 bits per heavy atom. The number of carboxylic acids is 1. The molecule has 14 heavy (non-hydrogen) atoms. The lowest BCUT2D eigenvalue weighted by Crippen LogP contribution is -2.02. The second-order valence-corrected chi connectivity index (χ2v) is 4.13. The number of aromatic nitrogens is 1. The second kappa shape index (κ2) is 4.52. The van der Waals surface area contributed by atoms with E-state index in [-0.39, 0.29) is 11.8 Å². The summed E-state index contributed by atoms with van der Waals surface area (Å²) in [6, 6.07) is 0. The van der Waals surface area contributed by atoms with E-state index in [0.29, 0.717) is 0 Å². The van der Waals surface area contributed by atoms with E-state index in [4.69, 9.17) is 9.84 Å². The predicted molar refractivity (Wildman–Crippen MR) is 53.9 cm³/mol. The Bertz CT molecular complexity index is 331. The Kier molecular flexibility index (Phi) is 3.60. The molecule has 0 amide bonds. The zero-order valence-electron chi connectivity index (χ0n) is 8.40. The maximum absolute atomic E-state index is 10.7. The predicted octanol–water partition coefficient (Wildman–Crippen LogP) is 2.25. The molecule has 0 bridgehead atoms. The highest BCUT2D eigenvalue weighted by Crippen LogP contribution is 2.27. The van der Waals surface area contributed by atoms with Crippen molar-refractivity contribution in [1.82, 2.24) is 4.98 Å². The molecule has 0 saturated carbocycles. The van der Waals surface area contributed by atoms with Gasteiger partial charge in [0.15, 0.2) is 5.69 Å². The van der Waals surface area contributed by atoms with E-state index in [0.717, 1.165) is 16.3 Å². The number of nitrogens with zero attached hydrogens (tertiary/aromatic N) is 1. The van der Waals surface area contributed by atoms with Crippen LogP contribution in [0.1, 0.15) is 39.8 Å². The van der Waals surface area contributed by atoms with Gasteiger partial charge < -0.3 is 9.84 Å². The average Bonchev–Trinajstić information content (AvgIpc) is 2.50. The number of carboxylic acid groups (broad SMARTS) is 1. The van der Waals surface area contributed by atoms with Crippen LogP contribution in [0.15, 0.2) is 0 Å². The van der Waals surface area contributed by atoms with Gasteiger partial charge in [0.1, 0.15) is 11.1 Å². The van der Waals surface area contributed by atoms with E-state index in [1.54, 1.807) is 14.0 Å². The van der Waals surface area contributed by atoms with Gasteiger partial charge in [0, 0.05) is 12.0 Å². The van der Waals surface area contributed by atoms with E-state index in [2.05, 4.69) is 4.98 Å². The van der Waals surface area contributed by atoms with Gasteiger partial charge in [-0.25, -0.2) is 9.78 Å². The fourth-order valence-electron chi connectivity index (χ4n) is 1.20. The normalized spacial score (nSPS) is 12.8. The molecule has 1 aromatic heterocycles. The molecular formula is C9H13NO3S. The summed E-state index contributed by atoms with van der Waals surface area (Å²) in [5, 5.41) is 9.55. The number of hydrogen-bond acceptors (Lipinski definition) is 4. The number of carbonyl (C=O) groups is 1. The highest BCUT2D eigenvalue weighted by molar-refractivity contribution is 7.11. The number of aryl methyl sites for hydroxylation is 1. The molecule has 1 unspecified atom stereocenters. The van der Waals surface area contributed by atoms with Gasteiger partial charge in [-0.2, -0.15) is 0 Å². The van der Waals surface area contributed by atoms with Crippen LogP contribution in [0.3, 0.4) is 0 Å². The van der Waals surface area contributed by atoms with Gasteiger partial charge >= 0.3 is 5.97 Å². The number of hydrogen-bond donors (Lipinski definition) is 1. The summed E-state index contributed by atoms with van der Waals surface area (Å²) in [6.07, 6.45) is 0.703. The highest BCUT2D eigenvalue weighted by atomic mass is 32.1. The lowest BCUT2D eigenvalue weighted by Gasteiger charge is -2.07. The van der Waals surface area contributed by atoms with Crippen LogP contribution in [0, 0.1) is 6.92 Å². The Hall–Kier alpha value is -0.940. The topological polar surface area (TPSA) is 59.4 Å². The van der Waals surface area contributed by atoms with Crippen LogP contribution in [-0.4, -0.2) is 23.2 Å². The smallest absolute Gasteiger partial charge is 0.355 e. The van der Waals surface area contributed by atoms with E-state index >= 15 is 0 Å². The minimum atomic E-state index is -0.976. The van der Waals surface area contributed by atoms with Crippen molar-refractivity contribution in [2.24, 2.45) is 0 Å². The van der Waals surface area contributed by atoms with Gasteiger partial charge in [0.25, 0.3) is 0 Å². The summed E-state index contributed by atoms with van der Waals surface area (Å²) in [6.45, 7) is 3.73. The first-order valence-corrected chi connectivity index (χ1v) is 5.15. The molecule has 1 N–H and O–H groups in total. The molecule has 1 aromatic rings. The number of thiazole rings is 1. The average molecular weight is 215 g/mol. The fourth-order valence-corrected chi connectivity index (χ4v) is 2.27. The first-order chi connectivity index (χ1) is 6.60. The molecule has 78 valence electrons. The molecule has 0 aliphatic carbocycles. The largest absolute Gasteiger partial charge is 0.476 e. The maximum atomic E-state index is 10.7. The molecule has 1 heterocycles. The van der Waals surface area contributed by atoms with Crippen molar-refractivity contribution in [3.8, 4) is 0 Å². The molecule has 4 nitrogen and oxygen atoms in total. The minimum Gasteiger partial charge on any atom is -0.476 e. The number of aromatic carboxylic acids is 1.